The minimum absolute atomic E-state index is 0. The predicted molar refractivity (Wildman–Crippen MR) is 53.7 cm³/mol. The zero-order valence-corrected chi connectivity index (χ0v) is 12.7. The average Bonchev–Trinajstić information content (AvgIpc) is 2.25. The third-order valence-electron chi connectivity index (χ3n) is 2.02. The van der Waals surface area contributed by atoms with Crippen molar-refractivity contribution in [2.24, 2.45) is 5.92 Å². The minimum atomic E-state index is -2.18. The van der Waals surface area contributed by atoms with Crippen molar-refractivity contribution < 1.29 is 38.3 Å². The van der Waals surface area contributed by atoms with Crippen molar-refractivity contribution in [2.45, 2.75) is 39.1 Å². The van der Waals surface area contributed by atoms with E-state index in [1.54, 1.807) is 18.5 Å². The van der Waals surface area contributed by atoms with Crippen LogP contribution in [0.3, 0.4) is 0 Å². The Labute approximate surface area is 115 Å². The molecule has 0 aliphatic rings. The Balaban J connectivity index is 0.00000196. The summed E-state index contributed by atoms with van der Waals surface area (Å²) < 4.78 is 23.5. The van der Waals surface area contributed by atoms with Gasteiger partial charge in [0.2, 0.25) is 0 Å². The van der Waals surface area contributed by atoms with Gasteiger partial charge in [-0.15, -0.1) is 0 Å². The molecule has 1 aromatic heterocycles. The Kier molecular flexibility index (Phi) is 6.28. The van der Waals surface area contributed by atoms with Crippen LogP contribution in [0.2, 0.25) is 0 Å². The molecule has 6 heteroatoms. The molecule has 1 aromatic rings. The Bertz CT molecular complexity index is 363. The average molecular weight is 238 g/mol. The molecule has 1 atom stereocenters. The van der Waals surface area contributed by atoms with Gasteiger partial charge in [-0.3, -0.25) is 8.89 Å². The van der Waals surface area contributed by atoms with Gasteiger partial charge < -0.3 is 4.55 Å². The molecular weight excluding hydrogens is 223 g/mol. The number of aryl methyl sites for hydroxylation is 1. The third kappa shape index (κ3) is 3.67. The van der Waals surface area contributed by atoms with Crippen molar-refractivity contribution in [2.75, 3.05) is 0 Å². The molecule has 4 nitrogen and oxygen atoms in total. The van der Waals surface area contributed by atoms with Crippen LogP contribution in [0.1, 0.15) is 25.2 Å². The number of aromatic nitrogens is 2. The summed E-state index contributed by atoms with van der Waals surface area (Å²) in [5.41, 5.74) is 1.31. The van der Waals surface area contributed by atoms with Crippen LogP contribution >= 0.6 is 0 Å². The maximum absolute atomic E-state index is 10.9. The smallest absolute Gasteiger partial charge is 0.768 e. The summed E-state index contributed by atoms with van der Waals surface area (Å²) in [5, 5.41) is 4.20. The minimum Gasteiger partial charge on any atom is -0.768 e. The van der Waals surface area contributed by atoms with Crippen molar-refractivity contribution in [3.63, 3.8) is 0 Å². The molecule has 0 aromatic carbocycles. The fourth-order valence-corrected chi connectivity index (χ4v) is 2.07. The Hall–Kier alpha value is 0.320. The summed E-state index contributed by atoms with van der Waals surface area (Å²) in [5.74, 6) is 0.459. The summed E-state index contributed by atoms with van der Waals surface area (Å²) in [7, 11) is 0. The first-order valence-corrected chi connectivity index (χ1v) is 5.64. The van der Waals surface area contributed by atoms with E-state index in [1.165, 1.54) is 0 Å². The van der Waals surface area contributed by atoms with Crippen LogP contribution in [0.4, 0.5) is 0 Å². The number of hydrogen-bond donors (Lipinski definition) is 0. The molecule has 0 amide bonds. The number of nitrogens with zero attached hydrogens (tertiary/aromatic N) is 2. The van der Waals surface area contributed by atoms with Crippen LogP contribution in [0, 0.1) is 19.8 Å². The first-order valence-electron chi connectivity index (χ1n) is 4.56. The molecule has 0 saturated heterocycles. The Morgan fingerprint density at radius 2 is 2.00 bits per heavy atom. The van der Waals surface area contributed by atoms with Crippen LogP contribution in [-0.4, -0.2) is 18.5 Å². The topological polar surface area (TPSA) is 58.0 Å². The van der Waals surface area contributed by atoms with E-state index in [4.69, 9.17) is 0 Å². The second-order valence-electron chi connectivity index (χ2n) is 3.81. The van der Waals surface area contributed by atoms with Crippen molar-refractivity contribution >= 4 is 11.1 Å². The predicted octanol–water partition coefficient (Wildman–Crippen LogP) is -1.60. The van der Waals surface area contributed by atoms with Crippen LogP contribution in [-0.2, 0) is 17.6 Å². The van der Waals surface area contributed by atoms with E-state index in [0.717, 1.165) is 12.2 Å². The molecule has 0 N–H and O–H groups in total. The van der Waals surface area contributed by atoms with Gasteiger partial charge >= 0.3 is 29.6 Å². The van der Waals surface area contributed by atoms with E-state index < -0.39 is 11.1 Å². The molecule has 0 aliphatic heterocycles. The van der Waals surface area contributed by atoms with Crippen molar-refractivity contribution in [3.8, 4) is 0 Å². The maximum Gasteiger partial charge on any atom is 1.00 e. The zero-order chi connectivity index (χ0) is 10.9. The normalized spacial score (nSPS) is 12.7. The Morgan fingerprint density at radius 1 is 1.47 bits per heavy atom. The molecule has 0 spiro atoms. The van der Waals surface area contributed by atoms with E-state index in [1.807, 2.05) is 0 Å². The van der Waals surface area contributed by atoms with E-state index in [2.05, 4.69) is 18.9 Å². The number of hydrogen-bond acceptors (Lipinski definition) is 3. The van der Waals surface area contributed by atoms with E-state index in [9.17, 15) is 8.76 Å². The monoisotopic (exact) mass is 238 g/mol. The molecule has 0 aliphatic carbocycles. The SMILES string of the molecule is Cc1nn(CC(C)C)c(C)c1S(=O)[O-].[Na+]. The quantitative estimate of drug-likeness (QED) is 0.470. The standard InChI is InChI=1S/C9H16N2O2S.Na/c1-6(2)5-11-8(4)9(14(12)13)7(3)10-11;/h6H,5H2,1-4H3,(H,12,13);/q;+1/p-1. The van der Waals surface area contributed by atoms with Gasteiger partial charge in [0, 0.05) is 6.54 Å². The summed E-state index contributed by atoms with van der Waals surface area (Å²) in [4.78, 5) is 0.339. The van der Waals surface area contributed by atoms with E-state index in [0.29, 0.717) is 16.5 Å². The molecule has 0 fully saturated rings. The van der Waals surface area contributed by atoms with E-state index >= 15 is 0 Å². The fraction of sp³-hybridized carbons (Fsp3) is 0.667. The van der Waals surface area contributed by atoms with Crippen LogP contribution < -0.4 is 29.6 Å². The summed E-state index contributed by atoms with van der Waals surface area (Å²) >= 11 is -2.18. The largest absolute Gasteiger partial charge is 1.00 e. The second-order valence-corrected chi connectivity index (χ2v) is 4.69. The summed E-state index contributed by atoms with van der Waals surface area (Å²) in [6.45, 7) is 8.40. The molecule has 0 radical (unpaired) electrons. The third-order valence-corrected chi connectivity index (χ3v) is 2.94. The van der Waals surface area contributed by atoms with Crippen LogP contribution in [0.15, 0.2) is 4.90 Å². The Morgan fingerprint density at radius 3 is 2.33 bits per heavy atom. The van der Waals surface area contributed by atoms with Gasteiger partial charge in [-0.1, -0.05) is 13.8 Å². The van der Waals surface area contributed by atoms with E-state index in [-0.39, 0.29) is 29.6 Å². The van der Waals surface area contributed by atoms with Crippen molar-refractivity contribution in [3.05, 3.63) is 11.4 Å². The molecule has 1 heterocycles. The van der Waals surface area contributed by atoms with Crippen LogP contribution in [0.25, 0.3) is 0 Å². The van der Waals surface area contributed by atoms with Gasteiger partial charge in [-0.25, -0.2) is 0 Å². The molecule has 1 unspecified atom stereocenters. The van der Waals surface area contributed by atoms with Gasteiger partial charge in [0.25, 0.3) is 0 Å². The van der Waals surface area contributed by atoms with Gasteiger partial charge in [0.1, 0.15) is 0 Å². The molecule has 15 heavy (non-hydrogen) atoms. The van der Waals surface area contributed by atoms with Gasteiger partial charge in [0.05, 0.1) is 16.3 Å². The second kappa shape index (κ2) is 6.15. The summed E-state index contributed by atoms with van der Waals surface area (Å²) in [6, 6.07) is 0. The number of rotatable bonds is 3. The molecule has 80 valence electrons. The van der Waals surface area contributed by atoms with Crippen molar-refractivity contribution in [1.29, 1.82) is 0 Å². The fourth-order valence-electron chi connectivity index (χ4n) is 1.45. The zero-order valence-electron chi connectivity index (χ0n) is 9.90. The molecule has 1 rings (SSSR count). The van der Waals surface area contributed by atoms with Gasteiger partial charge in [-0.2, -0.15) is 5.10 Å². The van der Waals surface area contributed by atoms with Crippen molar-refractivity contribution in [1.82, 2.24) is 9.78 Å². The summed E-state index contributed by atoms with van der Waals surface area (Å²) in [6.07, 6.45) is 0. The van der Waals surface area contributed by atoms with Crippen LogP contribution in [0.5, 0.6) is 0 Å². The molecular formula is C9H15N2NaO2S. The maximum atomic E-state index is 10.9. The molecule has 0 bridgehead atoms. The first kappa shape index (κ1) is 15.3. The van der Waals surface area contributed by atoms with Gasteiger partial charge in [-0.05, 0) is 30.8 Å². The van der Waals surface area contributed by atoms with Gasteiger partial charge in [0.15, 0.2) is 0 Å². The molecule has 0 saturated carbocycles. The first-order chi connectivity index (χ1) is 6.43.